The maximum absolute atomic E-state index is 12.3. The van der Waals surface area contributed by atoms with Crippen LogP contribution in [0.15, 0.2) is 54.6 Å². The zero-order valence-electron chi connectivity index (χ0n) is 17.0. The van der Waals surface area contributed by atoms with Crippen molar-refractivity contribution < 1.29 is 9.59 Å². The van der Waals surface area contributed by atoms with Gasteiger partial charge in [-0.05, 0) is 42.4 Å². The quantitative estimate of drug-likeness (QED) is 0.599. The minimum atomic E-state index is -0.00245. The van der Waals surface area contributed by atoms with E-state index in [1.54, 1.807) is 0 Å². The molecule has 0 aromatic heterocycles. The number of unbranched alkanes of at least 4 members (excludes halogenated alkanes) is 2. The normalized spacial score (nSPS) is 12.5. The van der Waals surface area contributed by atoms with E-state index in [0.29, 0.717) is 26.1 Å². The van der Waals surface area contributed by atoms with Crippen LogP contribution in [0.2, 0.25) is 0 Å². The third-order valence-electron chi connectivity index (χ3n) is 5.29. The number of hydrogen-bond acceptors (Lipinski definition) is 2. The zero-order valence-corrected chi connectivity index (χ0v) is 17.0. The van der Waals surface area contributed by atoms with Crippen LogP contribution in [0.4, 0.5) is 4.79 Å². The third kappa shape index (κ3) is 6.93. The molecular formula is C24H31N3O2. The van der Waals surface area contributed by atoms with Gasteiger partial charge in [0.25, 0.3) is 0 Å². The van der Waals surface area contributed by atoms with Crippen LogP contribution >= 0.6 is 0 Å². The molecule has 1 aliphatic heterocycles. The Morgan fingerprint density at radius 2 is 1.41 bits per heavy atom. The molecule has 0 spiro atoms. The van der Waals surface area contributed by atoms with Crippen molar-refractivity contribution in [1.29, 1.82) is 0 Å². The van der Waals surface area contributed by atoms with E-state index in [0.717, 1.165) is 38.6 Å². The van der Waals surface area contributed by atoms with Crippen molar-refractivity contribution in [1.82, 2.24) is 15.5 Å². The Bertz CT molecular complexity index is 767. The molecule has 0 unspecified atom stereocenters. The first-order valence-corrected chi connectivity index (χ1v) is 10.6. The van der Waals surface area contributed by atoms with Crippen LogP contribution in [-0.2, 0) is 24.3 Å². The van der Waals surface area contributed by atoms with E-state index in [2.05, 4.69) is 34.9 Å². The minimum absolute atomic E-state index is 0.00245. The number of hydrogen-bond donors (Lipinski definition) is 2. The van der Waals surface area contributed by atoms with Crippen molar-refractivity contribution >= 4 is 11.9 Å². The molecule has 0 bridgehead atoms. The van der Waals surface area contributed by atoms with Gasteiger partial charge in [-0.25, -0.2) is 4.79 Å². The standard InChI is InChI=1S/C24H31N3O2/c28-23(25-17-9-12-20-10-3-1-4-11-20)15-5-2-8-16-26-24(29)27-18-21-13-6-7-14-22(21)19-27/h1,3-4,6-7,10-11,13-14H,2,5,8-9,12,15-19H2,(H,25,28)(H,26,29). The van der Waals surface area contributed by atoms with Gasteiger partial charge in [-0.1, -0.05) is 61.0 Å². The van der Waals surface area contributed by atoms with Crippen molar-refractivity contribution in [3.8, 4) is 0 Å². The molecule has 5 heteroatoms. The Morgan fingerprint density at radius 1 is 0.759 bits per heavy atom. The highest BCUT2D eigenvalue weighted by atomic mass is 16.2. The fourth-order valence-corrected chi connectivity index (χ4v) is 3.62. The highest BCUT2D eigenvalue weighted by molar-refractivity contribution is 5.76. The zero-order chi connectivity index (χ0) is 20.3. The molecule has 2 aromatic carbocycles. The van der Waals surface area contributed by atoms with Crippen molar-refractivity contribution in [2.45, 2.75) is 51.6 Å². The number of carbonyl (C=O) groups is 2. The van der Waals surface area contributed by atoms with Crippen LogP contribution in [0.1, 0.15) is 48.8 Å². The molecule has 3 rings (SSSR count). The molecule has 0 saturated heterocycles. The molecule has 29 heavy (non-hydrogen) atoms. The van der Waals surface area contributed by atoms with Crippen LogP contribution < -0.4 is 10.6 Å². The van der Waals surface area contributed by atoms with Gasteiger partial charge < -0.3 is 15.5 Å². The second kappa shape index (κ2) is 11.2. The number of carbonyl (C=O) groups excluding carboxylic acids is 2. The van der Waals surface area contributed by atoms with Gasteiger partial charge in [-0.15, -0.1) is 0 Å². The summed E-state index contributed by atoms with van der Waals surface area (Å²) in [7, 11) is 0. The minimum Gasteiger partial charge on any atom is -0.356 e. The predicted molar refractivity (Wildman–Crippen MR) is 115 cm³/mol. The monoisotopic (exact) mass is 393 g/mol. The molecule has 0 fully saturated rings. The number of aryl methyl sites for hydroxylation is 1. The Balaban J connectivity index is 1.17. The van der Waals surface area contributed by atoms with E-state index < -0.39 is 0 Å². The number of amides is 3. The lowest BCUT2D eigenvalue weighted by atomic mass is 10.1. The average molecular weight is 394 g/mol. The summed E-state index contributed by atoms with van der Waals surface area (Å²) in [6.07, 6.45) is 5.20. The van der Waals surface area contributed by atoms with E-state index in [1.165, 1.54) is 16.7 Å². The summed E-state index contributed by atoms with van der Waals surface area (Å²) in [5.74, 6) is 0.122. The number of rotatable bonds is 10. The van der Waals surface area contributed by atoms with Crippen LogP contribution in [0, 0.1) is 0 Å². The first-order chi connectivity index (χ1) is 14.2. The van der Waals surface area contributed by atoms with E-state index in [9.17, 15) is 9.59 Å². The highest BCUT2D eigenvalue weighted by Crippen LogP contribution is 2.21. The maximum atomic E-state index is 12.3. The number of urea groups is 1. The molecule has 1 heterocycles. The summed E-state index contributed by atoms with van der Waals surface area (Å²) >= 11 is 0. The molecule has 154 valence electrons. The summed E-state index contributed by atoms with van der Waals surface area (Å²) in [5.41, 5.74) is 3.77. The lowest BCUT2D eigenvalue weighted by Gasteiger charge is -2.16. The first kappa shape index (κ1) is 20.9. The van der Waals surface area contributed by atoms with E-state index >= 15 is 0 Å². The lowest BCUT2D eigenvalue weighted by Crippen LogP contribution is -2.36. The molecule has 2 aromatic rings. The van der Waals surface area contributed by atoms with Gasteiger partial charge in [-0.3, -0.25) is 4.79 Å². The SMILES string of the molecule is O=C(CCCCCNC(=O)N1Cc2ccccc2C1)NCCCc1ccccc1. The van der Waals surface area contributed by atoms with Gasteiger partial charge in [0.2, 0.25) is 5.91 Å². The molecular weight excluding hydrogens is 362 g/mol. The second-order valence-corrected chi connectivity index (χ2v) is 7.61. The summed E-state index contributed by atoms with van der Waals surface area (Å²) in [5, 5.41) is 5.98. The van der Waals surface area contributed by atoms with E-state index in [-0.39, 0.29) is 11.9 Å². The number of benzene rings is 2. The van der Waals surface area contributed by atoms with Gasteiger partial charge in [0.1, 0.15) is 0 Å². The molecule has 3 amide bonds. The smallest absolute Gasteiger partial charge is 0.318 e. The number of fused-ring (bicyclic) bond motifs is 1. The molecule has 0 saturated carbocycles. The van der Waals surface area contributed by atoms with Crippen LogP contribution in [0.3, 0.4) is 0 Å². The van der Waals surface area contributed by atoms with Crippen molar-refractivity contribution in [2.75, 3.05) is 13.1 Å². The van der Waals surface area contributed by atoms with Gasteiger partial charge >= 0.3 is 6.03 Å². The Labute approximate surface area is 173 Å². The summed E-state index contributed by atoms with van der Waals surface area (Å²) in [4.78, 5) is 26.0. The second-order valence-electron chi connectivity index (χ2n) is 7.61. The summed E-state index contributed by atoms with van der Waals surface area (Å²) in [6, 6.07) is 18.5. The maximum Gasteiger partial charge on any atom is 0.318 e. The average Bonchev–Trinajstić information content (AvgIpc) is 3.19. The fourth-order valence-electron chi connectivity index (χ4n) is 3.62. The van der Waals surface area contributed by atoms with Gasteiger partial charge in [0.05, 0.1) is 0 Å². The molecule has 0 atom stereocenters. The molecule has 2 N–H and O–H groups in total. The van der Waals surface area contributed by atoms with Gasteiger partial charge in [0.15, 0.2) is 0 Å². The van der Waals surface area contributed by atoms with E-state index in [1.807, 2.05) is 35.2 Å². The molecule has 0 aliphatic carbocycles. The molecule has 0 radical (unpaired) electrons. The lowest BCUT2D eigenvalue weighted by molar-refractivity contribution is -0.121. The Morgan fingerprint density at radius 3 is 2.14 bits per heavy atom. The van der Waals surface area contributed by atoms with Crippen molar-refractivity contribution in [2.24, 2.45) is 0 Å². The van der Waals surface area contributed by atoms with E-state index in [4.69, 9.17) is 0 Å². The molecule has 1 aliphatic rings. The Hall–Kier alpha value is -2.82. The highest BCUT2D eigenvalue weighted by Gasteiger charge is 2.22. The van der Waals surface area contributed by atoms with Crippen molar-refractivity contribution in [3.63, 3.8) is 0 Å². The van der Waals surface area contributed by atoms with Gasteiger partial charge in [0, 0.05) is 32.6 Å². The Kier molecular flexibility index (Phi) is 8.11. The largest absolute Gasteiger partial charge is 0.356 e. The molecule has 5 nitrogen and oxygen atoms in total. The fraction of sp³-hybridized carbons (Fsp3) is 0.417. The van der Waals surface area contributed by atoms with Crippen LogP contribution in [0.5, 0.6) is 0 Å². The summed E-state index contributed by atoms with van der Waals surface area (Å²) in [6.45, 7) is 2.76. The number of nitrogens with one attached hydrogen (secondary N) is 2. The predicted octanol–water partition coefficient (Wildman–Crippen LogP) is 4.02. The number of nitrogens with zero attached hydrogens (tertiary/aromatic N) is 1. The van der Waals surface area contributed by atoms with Crippen LogP contribution in [-0.4, -0.2) is 29.9 Å². The third-order valence-corrected chi connectivity index (χ3v) is 5.29. The van der Waals surface area contributed by atoms with Crippen LogP contribution in [0.25, 0.3) is 0 Å². The summed E-state index contributed by atoms with van der Waals surface area (Å²) < 4.78 is 0. The van der Waals surface area contributed by atoms with Gasteiger partial charge in [-0.2, -0.15) is 0 Å². The topological polar surface area (TPSA) is 61.4 Å². The first-order valence-electron chi connectivity index (χ1n) is 10.6. The van der Waals surface area contributed by atoms with Crippen molar-refractivity contribution in [3.05, 3.63) is 71.3 Å².